The Bertz CT molecular complexity index is 1100. The van der Waals surface area contributed by atoms with Gasteiger partial charge in [0.2, 0.25) is 5.43 Å². The molecular formula is C21H20F2N2O5. The maximum atomic E-state index is 13.8. The van der Waals surface area contributed by atoms with Gasteiger partial charge in [0, 0.05) is 37.5 Å². The van der Waals surface area contributed by atoms with Crippen LogP contribution in [0.2, 0.25) is 0 Å². The van der Waals surface area contributed by atoms with Gasteiger partial charge in [-0.2, -0.15) is 0 Å². The van der Waals surface area contributed by atoms with Gasteiger partial charge in [0.1, 0.15) is 22.9 Å². The Balaban J connectivity index is 1.63. The van der Waals surface area contributed by atoms with Gasteiger partial charge in [-0.05, 0) is 18.4 Å². The number of aromatic hydroxyl groups is 1. The molecule has 4 rings (SSSR count). The highest BCUT2D eigenvalue weighted by Gasteiger charge is 2.43. The van der Waals surface area contributed by atoms with Crippen molar-refractivity contribution in [2.75, 3.05) is 6.61 Å². The van der Waals surface area contributed by atoms with E-state index in [-0.39, 0.29) is 41.6 Å². The number of Topliss-reactive ketones (excluding diaryl/α,β-unsaturated/α-hetero) is 1. The molecule has 0 saturated carbocycles. The Labute approximate surface area is 170 Å². The molecule has 158 valence electrons. The molecule has 2 aromatic rings. The predicted molar refractivity (Wildman–Crippen MR) is 101 cm³/mol. The fourth-order valence-electron chi connectivity index (χ4n) is 4.15. The topological polar surface area (TPSA) is 97.6 Å². The Morgan fingerprint density at radius 2 is 2.10 bits per heavy atom. The number of nitrogens with one attached hydrogen (secondary N) is 1. The molecule has 2 aliphatic rings. The van der Waals surface area contributed by atoms with Crippen LogP contribution < -0.4 is 10.7 Å². The molecule has 2 N–H and O–H groups in total. The number of nitrogens with zero attached hydrogens (tertiary/aromatic N) is 1. The highest BCUT2D eigenvalue weighted by molar-refractivity contribution is 6.01. The summed E-state index contributed by atoms with van der Waals surface area (Å²) in [6.45, 7) is 2.38. The summed E-state index contributed by atoms with van der Waals surface area (Å²) in [4.78, 5) is 38.0. The van der Waals surface area contributed by atoms with E-state index < -0.39 is 40.7 Å². The maximum Gasteiger partial charge on any atom is 0.257 e. The van der Waals surface area contributed by atoms with E-state index in [0.717, 1.165) is 6.07 Å². The van der Waals surface area contributed by atoms with Crippen LogP contribution in [0.5, 0.6) is 5.75 Å². The lowest BCUT2D eigenvalue weighted by Crippen LogP contribution is -2.48. The average molecular weight is 418 g/mol. The van der Waals surface area contributed by atoms with Crippen molar-refractivity contribution in [3.05, 3.63) is 63.1 Å². The third-order valence-corrected chi connectivity index (χ3v) is 5.79. The summed E-state index contributed by atoms with van der Waals surface area (Å²) in [6.07, 6.45) is 1.52. The van der Waals surface area contributed by atoms with E-state index in [1.807, 2.05) is 6.92 Å². The van der Waals surface area contributed by atoms with Crippen LogP contribution in [0.1, 0.15) is 39.8 Å². The number of halogens is 2. The molecule has 0 spiro atoms. The second kappa shape index (κ2) is 7.64. The van der Waals surface area contributed by atoms with Gasteiger partial charge in [-0.3, -0.25) is 14.4 Å². The maximum absolute atomic E-state index is 13.8. The second-order valence-corrected chi connectivity index (χ2v) is 7.71. The number of fused-ring (bicyclic) bond motifs is 2. The Hall–Kier alpha value is -3.07. The second-order valence-electron chi connectivity index (χ2n) is 7.71. The number of aromatic nitrogens is 1. The molecule has 30 heavy (non-hydrogen) atoms. The quantitative estimate of drug-likeness (QED) is 0.795. The normalized spacial score (nSPS) is 22.9. The number of rotatable bonds is 3. The third-order valence-electron chi connectivity index (χ3n) is 5.79. The number of benzene rings is 1. The van der Waals surface area contributed by atoms with Crippen LogP contribution in [0.15, 0.2) is 29.2 Å². The minimum Gasteiger partial charge on any atom is -0.503 e. The van der Waals surface area contributed by atoms with Crippen molar-refractivity contribution < 1.29 is 28.2 Å². The highest BCUT2D eigenvalue weighted by atomic mass is 19.1. The summed E-state index contributed by atoms with van der Waals surface area (Å²) in [5, 5.41) is 12.8. The van der Waals surface area contributed by atoms with Gasteiger partial charge >= 0.3 is 0 Å². The summed E-state index contributed by atoms with van der Waals surface area (Å²) in [5.41, 5.74) is -1.45. The van der Waals surface area contributed by atoms with Gasteiger partial charge < -0.3 is 19.7 Å². The molecule has 1 unspecified atom stereocenters. The molecule has 1 aromatic carbocycles. The van der Waals surface area contributed by atoms with E-state index in [4.69, 9.17) is 4.74 Å². The van der Waals surface area contributed by atoms with E-state index in [9.17, 15) is 28.3 Å². The van der Waals surface area contributed by atoms with Crippen molar-refractivity contribution in [3.8, 4) is 5.75 Å². The monoisotopic (exact) mass is 418 g/mol. The first-order chi connectivity index (χ1) is 14.3. The van der Waals surface area contributed by atoms with Crippen LogP contribution >= 0.6 is 0 Å². The van der Waals surface area contributed by atoms with Crippen LogP contribution in [-0.2, 0) is 17.8 Å². The molecule has 3 heterocycles. The van der Waals surface area contributed by atoms with Crippen molar-refractivity contribution in [2.45, 2.75) is 32.5 Å². The number of carbonyl (C=O) groups excluding carboxylic acids is 2. The molecule has 1 aromatic heterocycles. The molecular weight excluding hydrogens is 398 g/mol. The average Bonchev–Trinajstić information content (AvgIpc) is 2.69. The lowest BCUT2D eigenvalue weighted by atomic mass is 9.78. The zero-order valence-corrected chi connectivity index (χ0v) is 16.2. The largest absolute Gasteiger partial charge is 0.503 e. The first-order valence-electron chi connectivity index (χ1n) is 9.62. The number of carbonyl (C=O) groups is 2. The molecule has 0 radical (unpaired) electrons. The molecule has 2 aliphatic heterocycles. The lowest BCUT2D eigenvalue weighted by molar-refractivity contribution is -0.0553. The lowest BCUT2D eigenvalue weighted by Gasteiger charge is -2.40. The number of ether oxygens (including phenoxy) is 1. The first kappa shape index (κ1) is 20.2. The number of hydrogen-bond acceptors (Lipinski definition) is 5. The SMILES string of the molecule is C[C@@H]1CCO[C@H]2Cn3cc(C(=O)NCc4ccc(F)cc4F)c(=O)c(O)c3C(=O)C12. The van der Waals surface area contributed by atoms with Crippen molar-refractivity contribution in [1.29, 1.82) is 0 Å². The van der Waals surface area contributed by atoms with E-state index in [2.05, 4.69) is 5.32 Å². The van der Waals surface area contributed by atoms with Gasteiger partial charge in [-0.25, -0.2) is 8.78 Å². The molecule has 0 bridgehead atoms. The predicted octanol–water partition coefficient (Wildman–Crippen LogP) is 2.00. The van der Waals surface area contributed by atoms with Gasteiger partial charge in [-0.1, -0.05) is 13.0 Å². The van der Waals surface area contributed by atoms with E-state index in [0.29, 0.717) is 19.1 Å². The molecule has 3 atom stereocenters. The molecule has 7 nitrogen and oxygen atoms in total. The number of pyridine rings is 1. The standard InChI is InChI=1S/C21H20F2N2O5/c1-10-4-5-30-15-9-25-8-13(18(26)20(28)17(25)19(27)16(10)15)21(29)24-7-11-2-3-12(22)6-14(11)23/h2-3,6,8,10,15-16,28H,4-5,7,9H2,1H3,(H,24,29)/t10-,15+,16?/m1/s1. The highest BCUT2D eigenvalue weighted by Crippen LogP contribution is 2.36. The Morgan fingerprint density at radius 1 is 1.33 bits per heavy atom. The summed E-state index contributed by atoms with van der Waals surface area (Å²) in [7, 11) is 0. The molecule has 1 amide bonds. The fourth-order valence-corrected chi connectivity index (χ4v) is 4.15. The zero-order chi connectivity index (χ0) is 21.6. The summed E-state index contributed by atoms with van der Waals surface area (Å²) >= 11 is 0. The van der Waals surface area contributed by atoms with Crippen LogP contribution in [0.4, 0.5) is 8.78 Å². The van der Waals surface area contributed by atoms with Crippen LogP contribution in [0.25, 0.3) is 0 Å². The van der Waals surface area contributed by atoms with E-state index >= 15 is 0 Å². The van der Waals surface area contributed by atoms with Gasteiger partial charge in [0.05, 0.1) is 12.0 Å². The molecule has 1 fully saturated rings. The fraction of sp³-hybridized carbons (Fsp3) is 0.381. The number of amides is 1. The minimum absolute atomic E-state index is 0.0367. The molecule has 0 aliphatic carbocycles. The minimum atomic E-state index is -0.977. The van der Waals surface area contributed by atoms with Crippen molar-refractivity contribution in [2.24, 2.45) is 11.8 Å². The summed E-state index contributed by atoms with van der Waals surface area (Å²) in [5.74, 6) is -3.99. The smallest absolute Gasteiger partial charge is 0.257 e. The Kier molecular flexibility index (Phi) is 5.15. The van der Waals surface area contributed by atoms with E-state index in [1.54, 1.807) is 0 Å². The summed E-state index contributed by atoms with van der Waals surface area (Å²) < 4.78 is 33.8. The van der Waals surface area contributed by atoms with E-state index in [1.165, 1.54) is 16.8 Å². The third kappa shape index (κ3) is 3.39. The van der Waals surface area contributed by atoms with Crippen molar-refractivity contribution in [1.82, 2.24) is 9.88 Å². The van der Waals surface area contributed by atoms with Crippen LogP contribution in [0.3, 0.4) is 0 Å². The van der Waals surface area contributed by atoms with Gasteiger partial charge in [0.15, 0.2) is 11.5 Å². The number of hydrogen-bond donors (Lipinski definition) is 2. The van der Waals surface area contributed by atoms with Gasteiger partial charge in [0.25, 0.3) is 5.91 Å². The first-order valence-corrected chi connectivity index (χ1v) is 9.62. The molecule has 1 saturated heterocycles. The zero-order valence-electron chi connectivity index (χ0n) is 16.2. The van der Waals surface area contributed by atoms with Crippen molar-refractivity contribution >= 4 is 11.7 Å². The molecule has 9 heteroatoms. The summed E-state index contributed by atoms with van der Waals surface area (Å²) in [6, 6.07) is 2.92. The number of ketones is 1. The van der Waals surface area contributed by atoms with Gasteiger partial charge in [-0.15, -0.1) is 0 Å². The Morgan fingerprint density at radius 3 is 2.83 bits per heavy atom. The van der Waals surface area contributed by atoms with Crippen molar-refractivity contribution in [3.63, 3.8) is 0 Å². The van der Waals surface area contributed by atoms with Crippen LogP contribution in [-0.4, -0.2) is 34.1 Å². The van der Waals surface area contributed by atoms with Crippen LogP contribution in [0, 0.1) is 23.5 Å².